The minimum Gasteiger partial charge on any atom is -0.464 e. The van der Waals surface area contributed by atoms with E-state index in [4.69, 9.17) is 0 Å². The Bertz CT molecular complexity index is 654. The normalized spacial score (nSPS) is 9.37. The van der Waals surface area contributed by atoms with Crippen molar-refractivity contribution in [3.8, 4) is 11.8 Å². The first-order valence-electron chi connectivity index (χ1n) is 5.51. The maximum atomic E-state index is 11.2. The molecule has 0 unspecified atom stereocenters. The number of hydrogen-bond donors (Lipinski definition) is 0. The summed E-state index contributed by atoms with van der Waals surface area (Å²) in [6.45, 7) is 0. The van der Waals surface area contributed by atoms with Crippen molar-refractivity contribution < 1.29 is 9.53 Å². The standard InChI is InChI=1S/C15H10BrNO2/c1-19-15(18)14-9-7-11(10-17-14)6-8-12-4-2-3-5-13(12)16/h2-5,7,9-10H,1H3. The Kier molecular flexibility index (Phi) is 4.32. The number of methoxy groups -OCH3 is 1. The SMILES string of the molecule is COC(=O)c1ccc(C#Cc2ccccc2Br)cn1. The molecule has 0 spiro atoms. The molecule has 0 amide bonds. The number of benzene rings is 1. The van der Waals surface area contributed by atoms with Crippen LogP contribution in [0.15, 0.2) is 47.1 Å². The summed E-state index contributed by atoms with van der Waals surface area (Å²) in [4.78, 5) is 15.2. The van der Waals surface area contributed by atoms with Crippen LogP contribution >= 0.6 is 15.9 Å². The van der Waals surface area contributed by atoms with Crippen LogP contribution < -0.4 is 0 Å². The molecule has 0 aliphatic carbocycles. The van der Waals surface area contributed by atoms with E-state index in [1.165, 1.54) is 7.11 Å². The van der Waals surface area contributed by atoms with Gasteiger partial charge in [-0.1, -0.05) is 24.0 Å². The van der Waals surface area contributed by atoms with Crippen molar-refractivity contribution in [3.05, 3.63) is 63.9 Å². The lowest BCUT2D eigenvalue weighted by Crippen LogP contribution is -2.03. The highest BCUT2D eigenvalue weighted by atomic mass is 79.9. The van der Waals surface area contributed by atoms with E-state index >= 15 is 0 Å². The van der Waals surface area contributed by atoms with E-state index in [-0.39, 0.29) is 5.69 Å². The quantitative estimate of drug-likeness (QED) is 0.600. The predicted molar refractivity (Wildman–Crippen MR) is 75.7 cm³/mol. The summed E-state index contributed by atoms with van der Waals surface area (Å²) in [5, 5.41) is 0. The highest BCUT2D eigenvalue weighted by Crippen LogP contribution is 2.14. The van der Waals surface area contributed by atoms with Gasteiger partial charge in [-0.05, 0) is 40.2 Å². The highest BCUT2D eigenvalue weighted by Gasteiger charge is 2.05. The fraction of sp³-hybridized carbons (Fsp3) is 0.0667. The van der Waals surface area contributed by atoms with E-state index in [0.717, 1.165) is 15.6 Å². The van der Waals surface area contributed by atoms with Gasteiger partial charge in [0.2, 0.25) is 0 Å². The van der Waals surface area contributed by atoms with E-state index in [1.807, 2.05) is 24.3 Å². The van der Waals surface area contributed by atoms with Gasteiger partial charge in [0.25, 0.3) is 0 Å². The molecule has 1 aromatic heterocycles. The molecule has 2 aromatic rings. The molecule has 1 heterocycles. The molecular formula is C15H10BrNO2. The monoisotopic (exact) mass is 315 g/mol. The first-order chi connectivity index (χ1) is 9.20. The predicted octanol–water partition coefficient (Wildman–Crippen LogP) is 3.03. The molecule has 1 aromatic carbocycles. The number of hydrogen-bond acceptors (Lipinski definition) is 3. The van der Waals surface area contributed by atoms with Gasteiger partial charge in [0, 0.05) is 21.8 Å². The van der Waals surface area contributed by atoms with Crippen molar-refractivity contribution >= 4 is 21.9 Å². The van der Waals surface area contributed by atoms with E-state index < -0.39 is 5.97 Å². The van der Waals surface area contributed by atoms with E-state index in [1.54, 1.807) is 18.3 Å². The van der Waals surface area contributed by atoms with E-state index in [2.05, 4.69) is 37.5 Å². The molecule has 3 nitrogen and oxygen atoms in total. The number of nitrogens with zero attached hydrogens (tertiary/aromatic N) is 1. The molecule has 2 rings (SSSR count). The second-order valence-electron chi connectivity index (χ2n) is 3.65. The summed E-state index contributed by atoms with van der Waals surface area (Å²) in [5.74, 6) is 5.58. The van der Waals surface area contributed by atoms with Crippen LogP contribution in [0, 0.1) is 11.8 Å². The lowest BCUT2D eigenvalue weighted by Gasteiger charge is -1.97. The molecule has 0 fully saturated rings. The lowest BCUT2D eigenvalue weighted by atomic mass is 10.2. The molecule has 0 aliphatic rings. The zero-order valence-electron chi connectivity index (χ0n) is 10.2. The molecule has 0 aliphatic heterocycles. The van der Waals surface area contributed by atoms with Crippen molar-refractivity contribution in [3.63, 3.8) is 0 Å². The molecule has 0 atom stereocenters. The Hall–Kier alpha value is -2.12. The van der Waals surface area contributed by atoms with Gasteiger partial charge in [-0.25, -0.2) is 9.78 Å². The molecule has 0 N–H and O–H groups in total. The highest BCUT2D eigenvalue weighted by molar-refractivity contribution is 9.10. The Labute approximate surface area is 119 Å². The summed E-state index contributed by atoms with van der Waals surface area (Å²) in [6, 6.07) is 11.0. The van der Waals surface area contributed by atoms with Gasteiger partial charge in [0.15, 0.2) is 0 Å². The molecule has 0 radical (unpaired) electrons. The lowest BCUT2D eigenvalue weighted by molar-refractivity contribution is 0.0594. The number of aromatic nitrogens is 1. The Morgan fingerprint density at radius 3 is 2.63 bits per heavy atom. The number of ether oxygens (including phenoxy) is 1. The van der Waals surface area contributed by atoms with Crippen LogP contribution in [0.4, 0.5) is 0 Å². The number of halogens is 1. The zero-order valence-corrected chi connectivity index (χ0v) is 11.8. The number of carbonyl (C=O) groups is 1. The molecule has 4 heteroatoms. The maximum absolute atomic E-state index is 11.2. The first-order valence-corrected chi connectivity index (χ1v) is 6.31. The summed E-state index contributed by atoms with van der Waals surface area (Å²) in [7, 11) is 1.32. The second-order valence-corrected chi connectivity index (χ2v) is 4.51. The van der Waals surface area contributed by atoms with Gasteiger partial charge in [0.1, 0.15) is 5.69 Å². The smallest absolute Gasteiger partial charge is 0.356 e. The van der Waals surface area contributed by atoms with Crippen LogP contribution in [0.1, 0.15) is 21.6 Å². The average Bonchev–Trinajstić information content (AvgIpc) is 2.46. The minimum absolute atomic E-state index is 0.272. The fourth-order valence-electron chi connectivity index (χ4n) is 1.40. The zero-order chi connectivity index (χ0) is 13.7. The summed E-state index contributed by atoms with van der Waals surface area (Å²) in [6.07, 6.45) is 1.55. The number of pyridine rings is 1. The van der Waals surface area contributed by atoms with Crippen LogP contribution in [0.25, 0.3) is 0 Å². The summed E-state index contributed by atoms with van der Waals surface area (Å²) in [5.41, 5.74) is 1.91. The van der Waals surface area contributed by atoms with Gasteiger partial charge in [-0.15, -0.1) is 0 Å². The van der Waals surface area contributed by atoms with Crippen LogP contribution in [-0.4, -0.2) is 18.1 Å². The van der Waals surface area contributed by atoms with Crippen LogP contribution in [0.5, 0.6) is 0 Å². The largest absolute Gasteiger partial charge is 0.464 e. The number of carbonyl (C=O) groups excluding carboxylic acids is 1. The molecule has 94 valence electrons. The second kappa shape index (κ2) is 6.17. The third-order valence-corrected chi connectivity index (χ3v) is 3.06. The van der Waals surface area contributed by atoms with Crippen molar-refractivity contribution in [2.45, 2.75) is 0 Å². The van der Waals surface area contributed by atoms with Crippen LogP contribution in [0.2, 0.25) is 0 Å². The molecular weight excluding hydrogens is 306 g/mol. The third-order valence-electron chi connectivity index (χ3n) is 2.37. The van der Waals surface area contributed by atoms with Gasteiger partial charge in [-0.2, -0.15) is 0 Å². The molecule has 0 saturated carbocycles. The topological polar surface area (TPSA) is 39.2 Å². The van der Waals surface area contributed by atoms with E-state index in [0.29, 0.717) is 0 Å². The van der Waals surface area contributed by atoms with Crippen molar-refractivity contribution in [1.82, 2.24) is 4.98 Å². The van der Waals surface area contributed by atoms with Gasteiger partial charge < -0.3 is 4.74 Å². The van der Waals surface area contributed by atoms with Crippen LogP contribution in [0.3, 0.4) is 0 Å². The number of rotatable bonds is 1. The van der Waals surface area contributed by atoms with Crippen molar-refractivity contribution in [2.24, 2.45) is 0 Å². The fourth-order valence-corrected chi connectivity index (χ4v) is 1.78. The van der Waals surface area contributed by atoms with Gasteiger partial charge >= 0.3 is 5.97 Å². The minimum atomic E-state index is -0.453. The number of esters is 1. The Balaban J connectivity index is 2.22. The summed E-state index contributed by atoms with van der Waals surface area (Å²) < 4.78 is 5.52. The summed E-state index contributed by atoms with van der Waals surface area (Å²) >= 11 is 3.43. The van der Waals surface area contributed by atoms with E-state index in [9.17, 15) is 4.79 Å². The molecule has 19 heavy (non-hydrogen) atoms. The average molecular weight is 316 g/mol. The van der Waals surface area contributed by atoms with Gasteiger partial charge in [-0.3, -0.25) is 0 Å². The van der Waals surface area contributed by atoms with Crippen molar-refractivity contribution in [2.75, 3.05) is 7.11 Å². The van der Waals surface area contributed by atoms with Crippen molar-refractivity contribution in [1.29, 1.82) is 0 Å². The maximum Gasteiger partial charge on any atom is 0.356 e. The third kappa shape index (κ3) is 3.43. The van der Waals surface area contributed by atoms with Gasteiger partial charge in [0.05, 0.1) is 7.11 Å². The first kappa shape index (κ1) is 13.3. The Morgan fingerprint density at radius 1 is 1.21 bits per heavy atom. The molecule has 0 bridgehead atoms. The van der Waals surface area contributed by atoms with Crippen LogP contribution in [-0.2, 0) is 4.74 Å². The molecule has 0 saturated heterocycles. The Morgan fingerprint density at radius 2 is 2.00 bits per heavy atom.